The van der Waals surface area contributed by atoms with Gasteiger partial charge in [-0.05, 0) is 49.7 Å². The lowest BCUT2D eigenvalue weighted by Crippen LogP contribution is -2.10. The number of benzene rings is 2. The zero-order valence-electron chi connectivity index (χ0n) is 14.6. The Kier molecular flexibility index (Phi) is 3.93. The highest BCUT2D eigenvalue weighted by Gasteiger charge is 2.17. The molecule has 1 amide bonds. The molecule has 2 aromatic heterocycles. The minimum Gasteiger partial charge on any atom is -0.366 e. The van der Waals surface area contributed by atoms with Gasteiger partial charge < -0.3 is 10.3 Å². The van der Waals surface area contributed by atoms with Crippen molar-refractivity contribution in [2.75, 3.05) is 0 Å². The number of aromatic nitrogens is 2. The molecule has 0 atom stereocenters. The van der Waals surface area contributed by atoms with Gasteiger partial charge in [0.05, 0.1) is 16.7 Å². The molecule has 0 radical (unpaired) electrons. The fraction of sp³-hybridized carbons (Fsp3) is 0.143. The van der Waals surface area contributed by atoms with E-state index in [4.69, 9.17) is 17.3 Å². The van der Waals surface area contributed by atoms with Gasteiger partial charge in [-0.15, -0.1) is 0 Å². The molecule has 0 aliphatic heterocycles. The second kappa shape index (κ2) is 6.15. The van der Waals surface area contributed by atoms with Crippen LogP contribution in [-0.4, -0.2) is 15.5 Å². The van der Waals surface area contributed by atoms with E-state index in [-0.39, 0.29) is 0 Å². The third-order valence-electron chi connectivity index (χ3n) is 4.79. The standard InChI is InChI=1S/C21H18ClN3O/c1-3-25-19-12(2)24-8-7-16(19)18-11-15(22)10-17(20(18)25)13-5-4-6-14(9-13)21(23)26/h4-11H,3H2,1-2H3,(H2,23,26). The average molecular weight is 364 g/mol. The normalized spacial score (nSPS) is 11.3. The molecule has 0 bridgehead atoms. The summed E-state index contributed by atoms with van der Waals surface area (Å²) in [6, 6.07) is 13.3. The number of halogens is 1. The lowest BCUT2D eigenvalue weighted by molar-refractivity contribution is 0.100. The summed E-state index contributed by atoms with van der Waals surface area (Å²) < 4.78 is 2.26. The molecular formula is C21H18ClN3O. The summed E-state index contributed by atoms with van der Waals surface area (Å²) in [5, 5.41) is 2.87. The van der Waals surface area contributed by atoms with Crippen molar-refractivity contribution in [2.24, 2.45) is 5.73 Å². The molecule has 2 N–H and O–H groups in total. The van der Waals surface area contributed by atoms with Crippen LogP contribution in [0.5, 0.6) is 0 Å². The Morgan fingerprint density at radius 2 is 1.96 bits per heavy atom. The monoisotopic (exact) mass is 363 g/mol. The summed E-state index contributed by atoms with van der Waals surface area (Å²) >= 11 is 6.45. The van der Waals surface area contributed by atoms with Gasteiger partial charge in [-0.3, -0.25) is 9.78 Å². The zero-order valence-corrected chi connectivity index (χ0v) is 15.3. The van der Waals surface area contributed by atoms with E-state index in [1.54, 1.807) is 6.07 Å². The summed E-state index contributed by atoms with van der Waals surface area (Å²) in [7, 11) is 0. The smallest absolute Gasteiger partial charge is 0.248 e. The Balaban J connectivity index is 2.17. The van der Waals surface area contributed by atoms with Gasteiger partial charge in [0.25, 0.3) is 0 Å². The van der Waals surface area contributed by atoms with Crippen LogP contribution in [-0.2, 0) is 6.54 Å². The molecule has 0 aliphatic rings. The van der Waals surface area contributed by atoms with Crippen molar-refractivity contribution in [3.63, 3.8) is 0 Å². The second-order valence-electron chi connectivity index (χ2n) is 6.33. The number of fused-ring (bicyclic) bond motifs is 3. The van der Waals surface area contributed by atoms with Gasteiger partial charge in [-0.25, -0.2) is 0 Å². The number of aryl methyl sites for hydroxylation is 2. The van der Waals surface area contributed by atoms with Crippen LogP contribution in [0.25, 0.3) is 32.9 Å². The van der Waals surface area contributed by atoms with Crippen LogP contribution in [0.4, 0.5) is 0 Å². The number of amides is 1. The maximum atomic E-state index is 11.6. The largest absolute Gasteiger partial charge is 0.366 e. The third kappa shape index (κ3) is 2.45. The van der Waals surface area contributed by atoms with Crippen LogP contribution in [0.2, 0.25) is 5.02 Å². The number of pyridine rings is 1. The average Bonchev–Trinajstić information content (AvgIpc) is 2.96. The Hall–Kier alpha value is -2.85. The molecule has 5 heteroatoms. The van der Waals surface area contributed by atoms with Gasteiger partial charge in [-0.1, -0.05) is 23.7 Å². The summed E-state index contributed by atoms with van der Waals surface area (Å²) in [4.78, 5) is 16.1. The number of nitrogens with zero attached hydrogens (tertiary/aromatic N) is 2. The first-order chi connectivity index (χ1) is 12.5. The van der Waals surface area contributed by atoms with Gasteiger partial charge in [-0.2, -0.15) is 0 Å². The molecule has 0 aliphatic carbocycles. The highest BCUT2D eigenvalue weighted by molar-refractivity contribution is 6.32. The van der Waals surface area contributed by atoms with Crippen LogP contribution in [0.1, 0.15) is 23.0 Å². The molecule has 0 saturated heterocycles. The van der Waals surface area contributed by atoms with E-state index >= 15 is 0 Å². The molecule has 2 heterocycles. The minimum atomic E-state index is -0.443. The molecule has 0 fully saturated rings. The van der Waals surface area contributed by atoms with E-state index in [1.165, 1.54) is 0 Å². The van der Waals surface area contributed by atoms with Gasteiger partial charge in [0.2, 0.25) is 5.91 Å². The first kappa shape index (κ1) is 16.6. The van der Waals surface area contributed by atoms with Crippen molar-refractivity contribution in [2.45, 2.75) is 20.4 Å². The van der Waals surface area contributed by atoms with E-state index in [1.807, 2.05) is 49.5 Å². The fourth-order valence-corrected chi connectivity index (χ4v) is 3.92. The lowest BCUT2D eigenvalue weighted by Gasteiger charge is -2.11. The van der Waals surface area contributed by atoms with Gasteiger partial charge in [0, 0.05) is 39.7 Å². The summed E-state index contributed by atoms with van der Waals surface area (Å²) in [5.74, 6) is -0.443. The molecule has 26 heavy (non-hydrogen) atoms. The quantitative estimate of drug-likeness (QED) is 0.560. The second-order valence-corrected chi connectivity index (χ2v) is 6.77. The van der Waals surface area contributed by atoms with E-state index in [9.17, 15) is 4.79 Å². The number of rotatable bonds is 3. The fourth-order valence-electron chi connectivity index (χ4n) is 3.70. The molecular weight excluding hydrogens is 346 g/mol. The predicted molar refractivity (Wildman–Crippen MR) is 107 cm³/mol. The Morgan fingerprint density at radius 3 is 2.69 bits per heavy atom. The number of hydrogen-bond donors (Lipinski definition) is 1. The van der Waals surface area contributed by atoms with E-state index in [2.05, 4.69) is 16.5 Å². The van der Waals surface area contributed by atoms with Crippen molar-refractivity contribution in [1.82, 2.24) is 9.55 Å². The predicted octanol–water partition coefficient (Wildman–Crippen LogP) is 4.94. The van der Waals surface area contributed by atoms with Gasteiger partial charge in [0.15, 0.2) is 0 Å². The number of primary amides is 1. The van der Waals surface area contributed by atoms with Crippen molar-refractivity contribution in [1.29, 1.82) is 0 Å². The zero-order chi connectivity index (χ0) is 18.4. The van der Waals surface area contributed by atoms with E-state index in [0.29, 0.717) is 10.6 Å². The van der Waals surface area contributed by atoms with E-state index in [0.717, 1.165) is 45.2 Å². The summed E-state index contributed by atoms with van der Waals surface area (Å²) in [6.07, 6.45) is 1.82. The minimum absolute atomic E-state index is 0.443. The molecule has 4 rings (SSSR count). The van der Waals surface area contributed by atoms with Crippen LogP contribution in [0.3, 0.4) is 0 Å². The van der Waals surface area contributed by atoms with Crippen molar-refractivity contribution in [3.05, 3.63) is 64.9 Å². The third-order valence-corrected chi connectivity index (χ3v) is 5.00. The van der Waals surface area contributed by atoms with Crippen LogP contribution in [0, 0.1) is 6.92 Å². The number of nitrogens with two attached hydrogens (primary N) is 1. The molecule has 2 aromatic carbocycles. The van der Waals surface area contributed by atoms with Crippen molar-refractivity contribution in [3.8, 4) is 11.1 Å². The first-order valence-corrected chi connectivity index (χ1v) is 8.86. The molecule has 0 spiro atoms. The Bertz CT molecular complexity index is 1180. The summed E-state index contributed by atoms with van der Waals surface area (Å²) in [5.41, 5.74) is 11.0. The first-order valence-electron chi connectivity index (χ1n) is 8.48. The highest BCUT2D eigenvalue weighted by atomic mass is 35.5. The Morgan fingerprint density at radius 1 is 1.15 bits per heavy atom. The maximum absolute atomic E-state index is 11.6. The highest BCUT2D eigenvalue weighted by Crippen LogP contribution is 2.39. The molecule has 4 nitrogen and oxygen atoms in total. The lowest BCUT2D eigenvalue weighted by atomic mass is 10.00. The topological polar surface area (TPSA) is 60.9 Å². The molecule has 0 saturated carbocycles. The number of carbonyl (C=O) groups is 1. The van der Waals surface area contributed by atoms with Crippen LogP contribution < -0.4 is 5.73 Å². The number of carbonyl (C=O) groups excluding carboxylic acids is 1. The van der Waals surface area contributed by atoms with Crippen molar-refractivity contribution >= 4 is 39.3 Å². The molecule has 130 valence electrons. The van der Waals surface area contributed by atoms with Crippen LogP contribution in [0.15, 0.2) is 48.7 Å². The number of hydrogen-bond acceptors (Lipinski definition) is 2. The van der Waals surface area contributed by atoms with Crippen LogP contribution >= 0.6 is 11.6 Å². The van der Waals surface area contributed by atoms with Gasteiger partial charge >= 0.3 is 0 Å². The van der Waals surface area contributed by atoms with Crippen molar-refractivity contribution < 1.29 is 4.79 Å². The summed E-state index contributed by atoms with van der Waals surface area (Å²) in [6.45, 7) is 4.93. The molecule has 0 unspecified atom stereocenters. The van der Waals surface area contributed by atoms with Gasteiger partial charge in [0.1, 0.15) is 0 Å². The Labute approximate surface area is 156 Å². The maximum Gasteiger partial charge on any atom is 0.248 e. The molecule has 4 aromatic rings. The van der Waals surface area contributed by atoms with E-state index < -0.39 is 5.91 Å². The SMILES string of the molecule is CCn1c2c(-c3cccc(C(N)=O)c3)cc(Cl)cc2c2ccnc(C)c21.